The summed E-state index contributed by atoms with van der Waals surface area (Å²) >= 11 is 0. The minimum absolute atomic E-state index is 0.0318. The number of rotatable bonds is 2. The molecule has 1 amide bonds. The Bertz CT molecular complexity index is 489. The molecule has 0 aliphatic heterocycles. The van der Waals surface area contributed by atoms with Crippen LogP contribution in [0, 0.1) is 17.2 Å². The summed E-state index contributed by atoms with van der Waals surface area (Å²) in [6, 6.07) is 9.29. The Morgan fingerprint density at radius 1 is 1.37 bits per heavy atom. The second kappa shape index (κ2) is 5.85. The lowest BCUT2D eigenvalue weighted by molar-refractivity contribution is -0.123. The standard InChI is InChI=1S/C15H19N3O/c1-18(14-7-5-11(10-16)6-8-14)15(19)12-3-2-4-13(17)9-12/h5-8,12-13H,2-4,9,17H2,1H3. The van der Waals surface area contributed by atoms with Crippen LogP contribution in [0.1, 0.15) is 31.2 Å². The molecule has 0 saturated heterocycles. The highest BCUT2D eigenvalue weighted by Gasteiger charge is 2.27. The first-order valence-corrected chi connectivity index (χ1v) is 6.65. The highest BCUT2D eigenvalue weighted by molar-refractivity contribution is 5.94. The van der Waals surface area contributed by atoms with Crippen molar-refractivity contribution in [2.24, 2.45) is 11.7 Å². The van der Waals surface area contributed by atoms with Crippen LogP contribution in [-0.4, -0.2) is 19.0 Å². The number of carbonyl (C=O) groups is 1. The molecule has 0 aromatic heterocycles. The molecule has 1 fully saturated rings. The van der Waals surface area contributed by atoms with Crippen molar-refractivity contribution in [3.05, 3.63) is 29.8 Å². The molecule has 1 aliphatic carbocycles. The number of anilines is 1. The van der Waals surface area contributed by atoms with Gasteiger partial charge < -0.3 is 10.6 Å². The minimum Gasteiger partial charge on any atom is -0.328 e. The molecule has 2 unspecified atom stereocenters. The highest BCUT2D eigenvalue weighted by Crippen LogP contribution is 2.26. The van der Waals surface area contributed by atoms with Crippen LogP contribution in [-0.2, 0) is 4.79 Å². The maximum absolute atomic E-state index is 12.4. The first-order chi connectivity index (χ1) is 9.11. The number of nitriles is 1. The molecule has 1 aliphatic rings. The van der Waals surface area contributed by atoms with Gasteiger partial charge in [0.15, 0.2) is 0 Å². The van der Waals surface area contributed by atoms with Crippen LogP contribution in [0.5, 0.6) is 0 Å². The summed E-state index contributed by atoms with van der Waals surface area (Å²) in [5.41, 5.74) is 7.36. The van der Waals surface area contributed by atoms with Crippen LogP contribution < -0.4 is 10.6 Å². The van der Waals surface area contributed by atoms with Crippen molar-refractivity contribution in [1.29, 1.82) is 5.26 Å². The Morgan fingerprint density at radius 2 is 2.05 bits per heavy atom. The van der Waals surface area contributed by atoms with Gasteiger partial charge in [-0.15, -0.1) is 0 Å². The molecule has 2 N–H and O–H groups in total. The van der Waals surface area contributed by atoms with Crippen LogP contribution in [0.2, 0.25) is 0 Å². The fourth-order valence-corrected chi connectivity index (χ4v) is 2.61. The predicted molar refractivity (Wildman–Crippen MR) is 74.5 cm³/mol. The van der Waals surface area contributed by atoms with E-state index in [4.69, 9.17) is 11.0 Å². The SMILES string of the molecule is CN(C(=O)C1CCCC(N)C1)c1ccc(C#N)cc1. The zero-order valence-corrected chi connectivity index (χ0v) is 11.2. The summed E-state index contributed by atoms with van der Waals surface area (Å²) in [4.78, 5) is 14.1. The number of nitrogens with two attached hydrogens (primary N) is 1. The van der Waals surface area contributed by atoms with Crippen molar-refractivity contribution in [3.8, 4) is 6.07 Å². The maximum atomic E-state index is 12.4. The third-order valence-corrected chi connectivity index (χ3v) is 3.78. The number of hydrogen-bond donors (Lipinski definition) is 1. The molecule has 2 atom stereocenters. The Hall–Kier alpha value is -1.86. The van der Waals surface area contributed by atoms with E-state index in [0.29, 0.717) is 5.56 Å². The minimum atomic E-state index is 0.0318. The topological polar surface area (TPSA) is 70.1 Å². The van der Waals surface area contributed by atoms with Crippen molar-refractivity contribution >= 4 is 11.6 Å². The quantitative estimate of drug-likeness (QED) is 0.881. The van der Waals surface area contributed by atoms with Crippen LogP contribution in [0.25, 0.3) is 0 Å². The van der Waals surface area contributed by atoms with Crippen molar-refractivity contribution in [2.45, 2.75) is 31.7 Å². The predicted octanol–water partition coefficient (Wildman–Crippen LogP) is 2.04. The van der Waals surface area contributed by atoms with Gasteiger partial charge in [0.25, 0.3) is 0 Å². The lowest BCUT2D eigenvalue weighted by atomic mass is 9.85. The summed E-state index contributed by atoms with van der Waals surface area (Å²) < 4.78 is 0. The Labute approximate surface area is 113 Å². The van der Waals surface area contributed by atoms with Gasteiger partial charge in [-0.25, -0.2) is 0 Å². The molecule has 19 heavy (non-hydrogen) atoms. The van der Waals surface area contributed by atoms with E-state index >= 15 is 0 Å². The van der Waals surface area contributed by atoms with Crippen molar-refractivity contribution in [2.75, 3.05) is 11.9 Å². The first kappa shape index (κ1) is 13.6. The Kier molecular flexibility index (Phi) is 4.18. The molecule has 100 valence electrons. The molecule has 2 rings (SSSR count). The largest absolute Gasteiger partial charge is 0.328 e. The van der Waals surface area contributed by atoms with E-state index in [-0.39, 0.29) is 17.9 Å². The molecule has 1 aromatic carbocycles. The number of nitrogens with zero attached hydrogens (tertiary/aromatic N) is 2. The Balaban J connectivity index is 2.07. The summed E-state index contributed by atoms with van der Waals surface area (Å²) in [6.45, 7) is 0. The van der Waals surface area contributed by atoms with Gasteiger partial charge >= 0.3 is 0 Å². The molecular formula is C15H19N3O. The molecule has 0 heterocycles. The fraction of sp³-hybridized carbons (Fsp3) is 0.467. The van der Waals surface area contributed by atoms with Gasteiger partial charge in [0.2, 0.25) is 5.91 Å². The van der Waals surface area contributed by atoms with Gasteiger partial charge in [-0.3, -0.25) is 4.79 Å². The summed E-state index contributed by atoms with van der Waals surface area (Å²) in [5.74, 6) is 0.157. The molecule has 0 radical (unpaired) electrons. The van der Waals surface area contributed by atoms with Crippen molar-refractivity contribution in [1.82, 2.24) is 0 Å². The number of benzene rings is 1. The smallest absolute Gasteiger partial charge is 0.229 e. The fourth-order valence-electron chi connectivity index (χ4n) is 2.61. The third kappa shape index (κ3) is 3.12. The van der Waals surface area contributed by atoms with Crippen LogP contribution in [0.15, 0.2) is 24.3 Å². The first-order valence-electron chi connectivity index (χ1n) is 6.65. The molecule has 0 bridgehead atoms. The highest BCUT2D eigenvalue weighted by atomic mass is 16.2. The van der Waals surface area contributed by atoms with E-state index in [2.05, 4.69) is 6.07 Å². The van der Waals surface area contributed by atoms with E-state index in [1.54, 1.807) is 36.2 Å². The summed E-state index contributed by atoms with van der Waals surface area (Å²) in [6.07, 6.45) is 3.75. The van der Waals surface area contributed by atoms with Crippen LogP contribution in [0.3, 0.4) is 0 Å². The monoisotopic (exact) mass is 257 g/mol. The van der Waals surface area contributed by atoms with Gasteiger partial charge in [0.05, 0.1) is 11.6 Å². The molecule has 1 saturated carbocycles. The molecular weight excluding hydrogens is 238 g/mol. The zero-order valence-electron chi connectivity index (χ0n) is 11.2. The van der Waals surface area contributed by atoms with Gasteiger partial charge in [0, 0.05) is 24.7 Å². The van der Waals surface area contributed by atoms with Gasteiger partial charge in [0.1, 0.15) is 0 Å². The Morgan fingerprint density at radius 3 is 2.63 bits per heavy atom. The number of carbonyl (C=O) groups excluding carboxylic acids is 1. The van der Waals surface area contributed by atoms with E-state index < -0.39 is 0 Å². The average molecular weight is 257 g/mol. The third-order valence-electron chi connectivity index (χ3n) is 3.78. The normalized spacial score (nSPS) is 22.6. The van der Waals surface area contributed by atoms with Crippen molar-refractivity contribution < 1.29 is 4.79 Å². The zero-order chi connectivity index (χ0) is 13.8. The van der Waals surface area contributed by atoms with Gasteiger partial charge in [-0.05, 0) is 43.5 Å². The molecule has 0 spiro atoms. The average Bonchev–Trinajstić information content (AvgIpc) is 2.46. The van der Waals surface area contributed by atoms with E-state index in [0.717, 1.165) is 31.4 Å². The van der Waals surface area contributed by atoms with Crippen LogP contribution >= 0.6 is 0 Å². The second-order valence-electron chi connectivity index (χ2n) is 5.18. The van der Waals surface area contributed by atoms with E-state index in [1.807, 2.05) is 0 Å². The molecule has 1 aromatic rings. The summed E-state index contributed by atoms with van der Waals surface area (Å²) in [7, 11) is 1.78. The number of amides is 1. The van der Waals surface area contributed by atoms with E-state index in [9.17, 15) is 4.79 Å². The van der Waals surface area contributed by atoms with Crippen LogP contribution in [0.4, 0.5) is 5.69 Å². The second-order valence-corrected chi connectivity index (χ2v) is 5.18. The summed E-state index contributed by atoms with van der Waals surface area (Å²) in [5, 5.41) is 8.76. The van der Waals surface area contributed by atoms with E-state index in [1.165, 1.54) is 0 Å². The lowest BCUT2D eigenvalue weighted by Gasteiger charge is -2.29. The van der Waals surface area contributed by atoms with Crippen molar-refractivity contribution in [3.63, 3.8) is 0 Å². The number of hydrogen-bond acceptors (Lipinski definition) is 3. The molecule has 4 nitrogen and oxygen atoms in total. The van der Waals surface area contributed by atoms with Gasteiger partial charge in [-0.1, -0.05) is 6.42 Å². The molecule has 4 heteroatoms. The lowest BCUT2D eigenvalue weighted by Crippen LogP contribution is -2.38. The van der Waals surface area contributed by atoms with Gasteiger partial charge in [-0.2, -0.15) is 5.26 Å². The maximum Gasteiger partial charge on any atom is 0.229 e.